The highest BCUT2D eigenvalue weighted by Gasteiger charge is 2.10. The van der Waals surface area contributed by atoms with E-state index >= 15 is 0 Å². The summed E-state index contributed by atoms with van der Waals surface area (Å²) < 4.78 is 18.5. The predicted molar refractivity (Wildman–Crippen MR) is 77.8 cm³/mol. The highest BCUT2D eigenvalue weighted by Crippen LogP contribution is 2.26. The van der Waals surface area contributed by atoms with E-state index in [0.29, 0.717) is 18.8 Å². The molecule has 0 aliphatic heterocycles. The summed E-state index contributed by atoms with van der Waals surface area (Å²) in [6.45, 7) is 3.19. The van der Waals surface area contributed by atoms with Crippen LogP contribution in [0, 0.1) is 5.82 Å². The predicted octanol–water partition coefficient (Wildman–Crippen LogP) is 3.57. The van der Waals surface area contributed by atoms with E-state index in [2.05, 4.69) is 0 Å². The van der Waals surface area contributed by atoms with Gasteiger partial charge in [-0.2, -0.15) is 0 Å². The Morgan fingerprint density at radius 3 is 2.65 bits per heavy atom. The summed E-state index contributed by atoms with van der Waals surface area (Å²) in [7, 11) is 1.58. The van der Waals surface area contributed by atoms with Crippen molar-refractivity contribution in [3.05, 3.63) is 53.8 Å². The van der Waals surface area contributed by atoms with Crippen LogP contribution in [0.15, 0.2) is 42.5 Å². The number of halogens is 1. The molecule has 1 N–H and O–H groups in total. The highest BCUT2D eigenvalue weighted by atomic mass is 19.1. The van der Waals surface area contributed by atoms with E-state index in [0.717, 1.165) is 11.3 Å². The molecule has 4 heteroatoms. The molecule has 2 aromatic carbocycles. The van der Waals surface area contributed by atoms with Crippen LogP contribution in [0.5, 0.6) is 11.5 Å². The summed E-state index contributed by atoms with van der Waals surface area (Å²) in [5.41, 5.74) is 1.53. The topological polar surface area (TPSA) is 32.7 Å². The smallest absolute Gasteiger partial charge is 0.125 e. The number of aromatic hydroxyl groups is 1. The maximum absolute atomic E-state index is 13.3. The number of methoxy groups -OCH3 is 1. The summed E-state index contributed by atoms with van der Waals surface area (Å²) in [6, 6.07) is 11.5. The summed E-state index contributed by atoms with van der Waals surface area (Å²) in [5, 5.41) is 9.92. The molecule has 0 atom stereocenters. The third kappa shape index (κ3) is 3.20. The largest absolute Gasteiger partial charge is 0.508 e. The van der Waals surface area contributed by atoms with Crippen LogP contribution >= 0.6 is 0 Å². The Morgan fingerprint density at radius 1 is 1.20 bits per heavy atom. The van der Waals surface area contributed by atoms with Gasteiger partial charge in [-0.3, -0.25) is 0 Å². The van der Waals surface area contributed by atoms with Gasteiger partial charge in [-0.15, -0.1) is 0 Å². The average molecular weight is 275 g/mol. The summed E-state index contributed by atoms with van der Waals surface area (Å²) >= 11 is 0. The minimum atomic E-state index is -0.268. The molecule has 0 spiro atoms. The molecule has 0 radical (unpaired) electrons. The van der Waals surface area contributed by atoms with Crippen molar-refractivity contribution in [1.82, 2.24) is 0 Å². The van der Waals surface area contributed by atoms with E-state index in [1.54, 1.807) is 31.4 Å². The van der Waals surface area contributed by atoms with Gasteiger partial charge in [0.05, 0.1) is 7.11 Å². The van der Waals surface area contributed by atoms with Crippen LogP contribution in [0.4, 0.5) is 10.1 Å². The zero-order valence-electron chi connectivity index (χ0n) is 11.6. The van der Waals surface area contributed by atoms with Gasteiger partial charge in [-0.1, -0.05) is 6.07 Å². The summed E-state index contributed by atoms with van der Waals surface area (Å²) in [5.74, 6) is 0.629. The first-order valence-corrected chi connectivity index (χ1v) is 6.50. The molecule has 0 heterocycles. The SMILES string of the molecule is CCN(Cc1cc(OC)ccc1O)c1cccc(F)c1. The maximum atomic E-state index is 13.3. The quantitative estimate of drug-likeness (QED) is 0.905. The molecule has 0 saturated carbocycles. The normalized spacial score (nSPS) is 10.3. The zero-order chi connectivity index (χ0) is 14.5. The molecule has 0 bridgehead atoms. The summed E-state index contributed by atoms with van der Waals surface area (Å²) in [4.78, 5) is 1.98. The molecule has 0 aromatic heterocycles. The minimum Gasteiger partial charge on any atom is -0.508 e. The van der Waals surface area contributed by atoms with Crippen molar-refractivity contribution in [2.75, 3.05) is 18.6 Å². The number of anilines is 1. The van der Waals surface area contributed by atoms with Crippen LogP contribution in [0.1, 0.15) is 12.5 Å². The Balaban J connectivity index is 2.26. The van der Waals surface area contributed by atoms with Crippen LogP contribution in [0.3, 0.4) is 0 Å². The minimum absolute atomic E-state index is 0.209. The lowest BCUT2D eigenvalue weighted by molar-refractivity contribution is 0.410. The van der Waals surface area contributed by atoms with Crippen LogP contribution in [-0.4, -0.2) is 18.8 Å². The second-order valence-electron chi connectivity index (χ2n) is 4.49. The Kier molecular flexibility index (Phi) is 4.45. The zero-order valence-corrected chi connectivity index (χ0v) is 11.6. The van der Waals surface area contributed by atoms with Gasteiger partial charge in [-0.25, -0.2) is 4.39 Å². The second-order valence-corrected chi connectivity index (χ2v) is 4.49. The molecule has 0 amide bonds. The van der Waals surface area contributed by atoms with Crippen LogP contribution in [0.25, 0.3) is 0 Å². The number of phenolic OH excluding ortho intramolecular Hbond substituents is 1. The summed E-state index contributed by atoms with van der Waals surface area (Å²) in [6.07, 6.45) is 0. The molecule has 0 unspecified atom stereocenters. The lowest BCUT2D eigenvalue weighted by Gasteiger charge is -2.24. The lowest BCUT2D eigenvalue weighted by atomic mass is 10.1. The van der Waals surface area contributed by atoms with Crippen molar-refractivity contribution in [1.29, 1.82) is 0 Å². The number of nitrogens with zero attached hydrogens (tertiary/aromatic N) is 1. The van der Waals surface area contributed by atoms with Crippen molar-refractivity contribution in [2.45, 2.75) is 13.5 Å². The van der Waals surface area contributed by atoms with Crippen molar-refractivity contribution >= 4 is 5.69 Å². The van der Waals surface area contributed by atoms with Gasteiger partial charge < -0.3 is 14.7 Å². The Hall–Kier alpha value is -2.23. The molecule has 0 fully saturated rings. The first-order valence-electron chi connectivity index (χ1n) is 6.50. The first kappa shape index (κ1) is 14.2. The van der Waals surface area contributed by atoms with Gasteiger partial charge in [-0.05, 0) is 43.3 Å². The Morgan fingerprint density at radius 2 is 2.00 bits per heavy atom. The van der Waals surface area contributed by atoms with Crippen LogP contribution in [-0.2, 0) is 6.54 Å². The Bertz CT molecular complexity index is 586. The van der Waals surface area contributed by atoms with E-state index in [-0.39, 0.29) is 11.6 Å². The van der Waals surface area contributed by atoms with E-state index in [1.807, 2.05) is 17.9 Å². The van der Waals surface area contributed by atoms with E-state index in [9.17, 15) is 9.50 Å². The molecule has 20 heavy (non-hydrogen) atoms. The monoisotopic (exact) mass is 275 g/mol. The van der Waals surface area contributed by atoms with E-state index in [4.69, 9.17) is 4.74 Å². The number of hydrogen-bond donors (Lipinski definition) is 1. The standard InChI is InChI=1S/C16H18FNO2/c1-3-18(14-6-4-5-13(17)10-14)11-12-9-15(20-2)7-8-16(12)19/h4-10,19H,3,11H2,1-2H3. The number of rotatable bonds is 5. The van der Waals surface area contributed by atoms with Gasteiger partial charge in [0.15, 0.2) is 0 Å². The van der Waals surface area contributed by atoms with E-state index in [1.165, 1.54) is 12.1 Å². The molecular weight excluding hydrogens is 257 g/mol. The maximum Gasteiger partial charge on any atom is 0.125 e. The van der Waals surface area contributed by atoms with Gasteiger partial charge in [0.2, 0.25) is 0 Å². The van der Waals surface area contributed by atoms with Gasteiger partial charge in [0.25, 0.3) is 0 Å². The fourth-order valence-corrected chi connectivity index (χ4v) is 2.08. The molecule has 2 rings (SSSR count). The molecular formula is C16H18FNO2. The van der Waals surface area contributed by atoms with Crippen molar-refractivity contribution in [3.8, 4) is 11.5 Å². The lowest BCUT2D eigenvalue weighted by Crippen LogP contribution is -2.22. The van der Waals surface area contributed by atoms with E-state index < -0.39 is 0 Å². The van der Waals surface area contributed by atoms with Gasteiger partial charge in [0.1, 0.15) is 17.3 Å². The van der Waals surface area contributed by atoms with Crippen molar-refractivity contribution in [3.63, 3.8) is 0 Å². The third-order valence-electron chi connectivity index (χ3n) is 3.20. The molecule has 0 aliphatic carbocycles. The molecule has 2 aromatic rings. The van der Waals surface area contributed by atoms with Crippen molar-refractivity contribution < 1.29 is 14.2 Å². The average Bonchev–Trinajstić information content (AvgIpc) is 2.46. The first-order chi connectivity index (χ1) is 9.63. The molecule has 0 saturated heterocycles. The Labute approximate surface area is 118 Å². The fraction of sp³-hybridized carbons (Fsp3) is 0.250. The molecule has 0 aliphatic rings. The molecule has 106 valence electrons. The number of ether oxygens (including phenoxy) is 1. The van der Waals surface area contributed by atoms with Crippen molar-refractivity contribution in [2.24, 2.45) is 0 Å². The number of hydrogen-bond acceptors (Lipinski definition) is 3. The van der Waals surface area contributed by atoms with Gasteiger partial charge >= 0.3 is 0 Å². The fourth-order valence-electron chi connectivity index (χ4n) is 2.08. The number of phenols is 1. The molecule has 3 nitrogen and oxygen atoms in total. The third-order valence-corrected chi connectivity index (χ3v) is 3.20. The van der Waals surface area contributed by atoms with Crippen LogP contribution < -0.4 is 9.64 Å². The van der Waals surface area contributed by atoms with Gasteiger partial charge in [0, 0.05) is 24.3 Å². The van der Waals surface area contributed by atoms with Crippen LogP contribution in [0.2, 0.25) is 0 Å². The number of benzene rings is 2. The second kappa shape index (κ2) is 6.28. The highest BCUT2D eigenvalue weighted by molar-refractivity contribution is 5.49.